The van der Waals surface area contributed by atoms with Gasteiger partial charge in [0.2, 0.25) is 11.9 Å². The lowest BCUT2D eigenvalue weighted by molar-refractivity contribution is -0.117. The Morgan fingerprint density at radius 1 is 1.25 bits per heavy atom. The van der Waals surface area contributed by atoms with Crippen LogP contribution in [-0.2, 0) is 4.79 Å². The van der Waals surface area contributed by atoms with Gasteiger partial charge in [-0.15, -0.1) is 5.92 Å². The van der Waals surface area contributed by atoms with Crippen LogP contribution in [0.3, 0.4) is 0 Å². The van der Waals surface area contributed by atoms with Crippen LogP contribution in [0.15, 0.2) is 24.3 Å². The van der Waals surface area contributed by atoms with Crippen LogP contribution in [0.1, 0.15) is 12.8 Å². The predicted octanol–water partition coefficient (Wildman–Crippen LogP) is 0.893. The Morgan fingerprint density at radius 2 is 2.05 bits per heavy atom. The van der Waals surface area contributed by atoms with Crippen LogP contribution in [0, 0.1) is 11.8 Å². The number of nitrogens with two attached hydrogens (primary N) is 2. The van der Waals surface area contributed by atoms with E-state index in [0.717, 1.165) is 10.9 Å². The van der Waals surface area contributed by atoms with E-state index in [2.05, 4.69) is 27.1 Å². The summed E-state index contributed by atoms with van der Waals surface area (Å²) in [5.41, 5.74) is 11.6. The minimum Gasteiger partial charge on any atom is -0.383 e. The highest BCUT2D eigenvalue weighted by molar-refractivity contribution is 5.88. The zero-order chi connectivity index (χ0) is 14.4. The maximum absolute atomic E-state index is 10.5. The van der Waals surface area contributed by atoms with Crippen LogP contribution in [0.25, 0.3) is 10.9 Å². The van der Waals surface area contributed by atoms with Crippen molar-refractivity contribution in [3.63, 3.8) is 0 Å². The summed E-state index contributed by atoms with van der Waals surface area (Å²) in [6.07, 6.45) is 0.656. The molecule has 2 rings (SSSR count). The first-order chi connectivity index (χ1) is 9.66. The molecule has 1 heterocycles. The Kier molecular flexibility index (Phi) is 4.35. The second-order valence-electron chi connectivity index (χ2n) is 4.12. The third-order valence-electron chi connectivity index (χ3n) is 2.55. The van der Waals surface area contributed by atoms with Crippen LogP contribution < -0.4 is 16.8 Å². The largest absolute Gasteiger partial charge is 0.383 e. The predicted molar refractivity (Wildman–Crippen MR) is 78.6 cm³/mol. The van der Waals surface area contributed by atoms with E-state index in [1.54, 1.807) is 0 Å². The van der Waals surface area contributed by atoms with Gasteiger partial charge in [0.1, 0.15) is 5.82 Å². The zero-order valence-electron chi connectivity index (χ0n) is 10.9. The Balaban J connectivity index is 1.96. The lowest BCUT2D eigenvalue weighted by Gasteiger charge is -2.06. The van der Waals surface area contributed by atoms with Gasteiger partial charge in [0.15, 0.2) is 0 Å². The van der Waals surface area contributed by atoms with Crippen molar-refractivity contribution in [2.24, 2.45) is 5.73 Å². The summed E-state index contributed by atoms with van der Waals surface area (Å²) < 4.78 is 0. The van der Waals surface area contributed by atoms with Crippen LogP contribution >= 0.6 is 0 Å². The Labute approximate surface area is 116 Å². The smallest absolute Gasteiger partial charge is 0.229 e. The minimum absolute atomic E-state index is 0.0828. The first kappa shape index (κ1) is 13.6. The molecule has 1 aromatic carbocycles. The zero-order valence-corrected chi connectivity index (χ0v) is 10.9. The van der Waals surface area contributed by atoms with Gasteiger partial charge in [0, 0.05) is 18.4 Å². The Bertz CT molecular complexity index is 687. The molecule has 0 aliphatic carbocycles. The Hall–Kier alpha value is -2.81. The molecule has 5 N–H and O–H groups in total. The molecule has 6 nitrogen and oxygen atoms in total. The number of amides is 1. The van der Waals surface area contributed by atoms with Crippen molar-refractivity contribution in [1.82, 2.24) is 9.97 Å². The highest BCUT2D eigenvalue weighted by atomic mass is 16.1. The van der Waals surface area contributed by atoms with Crippen LogP contribution in [-0.4, -0.2) is 22.4 Å². The number of hydrogen-bond donors (Lipinski definition) is 3. The minimum atomic E-state index is -0.420. The number of para-hydroxylation sites is 1. The highest BCUT2D eigenvalue weighted by Gasteiger charge is 2.03. The van der Waals surface area contributed by atoms with E-state index < -0.39 is 5.91 Å². The number of carbonyl (C=O) groups is 1. The first-order valence-electron chi connectivity index (χ1n) is 6.17. The lowest BCUT2D eigenvalue weighted by atomic mass is 10.2. The van der Waals surface area contributed by atoms with Crippen molar-refractivity contribution in [2.75, 3.05) is 17.6 Å². The van der Waals surface area contributed by atoms with Crippen molar-refractivity contribution in [1.29, 1.82) is 0 Å². The molecule has 0 saturated heterocycles. The fourth-order valence-corrected chi connectivity index (χ4v) is 1.66. The van der Waals surface area contributed by atoms with Gasteiger partial charge in [-0.25, -0.2) is 4.98 Å². The fraction of sp³-hybridized carbons (Fsp3) is 0.214. The van der Waals surface area contributed by atoms with Crippen LogP contribution in [0.2, 0.25) is 0 Å². The van der Waals surface area contributed by atoms with Crippen molar-refractivity contribution in [3.05, 3.63) is 24.3 Å². The van der Waals surface area contributed by atoms with Gasteiger partial charge in [-0.2, -0.15) is 4.98 Å². The number of nitrogen functional groups attached to an aromatic ring is 1. The number of carbonyl (C=O) groups excluding carboxylic acids is 1. The summed E-state index contributed by atoms with van der Waals surface area (Å²) in [4.78, 5) is 19.0. The molecule has 0 atom stereocenters. The highest BCUT2D eigenvalue weighted by Crippen LogP contribution is 2.18. The van der Waals surface area contributed by atoms with Crippen molar-refractivity contribution >= 4 is 28.6 Å². The average molecular weight is 269 g/mol. The maximum Gasteiger partial charge on any atom is 0.229 e. The molecule has 0 fully saturated rings. The van der Waals surface area contributed by atoms with E-state index in [1.165, 1.54) is 0 Å². The third kappa shape index (κ3) is 3.59. The number of anilines is 2. The van der Waals surface area contributed by atoms with Gasteiger partial charge in [0.05, 0.1) is 11.9 Å². The van der Waals surface area contributed by atoms with Gasteiger partial charge >= 0.3 is 0 Å². The molecular formula is C14H15N5O. The fourth-order valence-electron chi connectivity index (χ4n) is 1.66. The van der Waals surface area contributed by atoms with Gasteiger partial charge in [-0.1, -0.05) is 18.1 Å². The molecule has 6 heteroatoms. The summed E-state index contributed by atoms with van der Waals surface area (Å²) in [6.45, 7) is 0.573. The lowest BCUT2D eigenvalue weighted by Crippen LogP contribution is -2.08. The molecular weight excluding hydrogens is 254 g/mol. The molecule has 2 aromatic rings. The molecule has 1 aromatic heterocycles. The quantitative estimate of drug-likeness (QED) is 0.564. The van der Waals surface area contributed by atoms with Crippen LogP contribution in [0.5, 0.6) is 0 Å². The SMILES string of the molecule is NC(=O)CC#CCCNc1nc(N)c2ccccc2n1. The number of nitrogens with zero attached hydrogens (tertiary/aromatic N) is 2. The van der Waals surface area contributed by atoms with E-state index in [4.69, 9.17) is 11.5 Å². The monoisotopic (exact) mass is 269 g/mol. The van der Waals surface area contributed by atoms with E-state index in [-0.39, 0.29) is 6.42 Å². The first-order valence-corrected chi connectivity index (χ1v) is 6.17. The summed E-state index contributed by atoms with van der Waals surface area (Å²) in [5.74, 6) is 6.01. The normalized spacial score (nSPS) is 9.80. The Morgan fingerprint density at radius 3 is 2.85 bits per heavy atom. The second-order valence-corrected chi connectivity index (χ2v) is 4.12. The van der Waals surface area contributed by atoms with Crippen molar-refractivity contribution in [2.45, 2.75) is 12.8 Å². The number of rotatable bonds is 4. The summed E-state index contributed by atoms with van der Waals surface area (Å²) in [5, 5.41) is 3.88. The van der Waals surface area contributed by atoms with Gasteiger partial charge in [-0.3, -0.25) is 4.79 Å². The van der Waals surface area contributed by atoms with Gasteiger partial charge in [0.25, 0.3) is 0 Å². The van der Waals surface area contributed by atoms with E-state index in [0.29, 0.717) is 24.7 Å². The van der Waals surface area contributed by atoms with Crippen LogP contribution in [0.4, 0.5) is 11.8 Å². The number of nitrogens with one attached hydrogen (secondary N) is 1. The van der Waals surface area contributed by atoms with E-state index in [9.17, 15) is 4.79 Å². The molecule has 1 amide bonds. The number of primary amides is 1. The molecule has 0 aliphatic rings. The summed E-state index contributed by atoms with van der Waals surface area (Å²) >= 11 is 0. The van der Waals surface area contributed by atoms with Gasteiger partial charge in [-0.05, 0) is 12.1 Å². The number of hydrogen-bond acceptors (Lipinski definition) is 5. The van der Waals surface area contributed by atoms with E-state index in [1.807, 2.05) is 24.3 Å². The second kappa shape index (κ2) is 6.38. The van der Waals surface area contributed by atoms with Crippen molar-refractivity contribution < 1.29 is 4.79 Å². The summed E-state index contributed by atoms with van der Waals surface area (Å²) in [6, 6.07) is 7.55. The number of benzene rings is 1. The molecule has 0 spiro atoms. The third-order valence-corrected chi connectivity index (χ3v) is 2.55. The molecule has 0 bridgehead atoms. The standard InChI is InChI=1S/C14H15N5O/c15-12(20)8-2-1-5-9-17-14-18-11-7-4-3-6-10(11)13(16)19-14/h3-4,6-7H,5,8-9H2,(H2,15,20)(H3,16,17,18,19). The average Bonchev–Trinajstić information content (AvgIpc) is 2.42. The van der Waals surface area contributed by atoms with E-state index >= 15 is 0 Å². The molecule has 102 valence electrons. The summed E-state index contributed by atoms with van der Waals surface area (Å²) in [7, 11) is 0. The molecule has 0 aliphatic heterocycles. The molecule has 0 saturated carbocycles. The topological polar surface area (TPSA) is 107 Å². The number of aromatic nitrogens is 2. The molecule has 0 unspecified atom stereocenters. The van der Waals surface area contributed by atoms with Crippen molar-refractivity contribution in [3.8, 4) is 11.8 Å². The maximum atomic E-state index is 10.5. The number of fused-ring (bicyclic) bond motifs is 1. The van der Waals surface area contributed by atoms with Gasteiger partial charge < -0.3 is 16.8 Å². The molecule has 20 heavy (non-hydrogen) atoms. The molecule has 0 radical (unpaired) electrons.